The zero-order valence-electron chi connectivity index (χ0n) is 15.3. The molecule has 7 heteroatoms. The number of hydrogen-bond acceptors (Lipinski definition) is 5. The van der Waals surface area contributed by atoms with E-state index in [9.17, 15) is 4.79 Å². The molecule has 0 unspecified atom stereocenters. The molecule has 1 aliphatic rings. The number of rotatable bonds is 3. The summed E-state index contributed by atoms with van der Waals surface area (Å²) in [5.41, 5.74) is 13.0. The Morgan fingerprint density at radius 1 is 1.11 bits per heavy atom. The number of fused-ring (bicyclic) bond motifs is 2. The lowest BCUT2D eigenvalue weighted by Crippen LogP contribution is -2.24. The Labute approximate surface area is 161 Å². The molecule has 2 N–H and O–H groups in total. The van der Waals surface area contributed by atoms with E-state index in [2.05, 4.69) is 15.1 Å². The van der Waals surface area contributed by atoms with Crippen LogP contribution in [0.4, 0.5) is 0 Å². The summed E-state index contributed by atoms with van der Waals surface area (Å²) in [6.07, 6.45) is 5.47. The number of hydrogen-bond donors (Lipinski definition) is 1. The highest BCUT2D eigenvalue weighted by Gasteiger charge is 2.22. The first-order valence-corrected chi connectivity index (χ1v) is 9.02. The van der Waals surface area contributed by atoms with Crippen molar-refractivity contribution in [1.82, 2.24) is 19.2 Å². The molecule has 0 saturated heterocycles. The van der Waals surface area contributed by atoms with Gasteiger partial charge in [0.15, 0.2) is 5.78 Å². The first kappa shape index (κ1) is 16.6. The molecule has 4 aromatic rings. The van der Waals surface area contributed by atoms with E-state index in [0.29, 0.717) is 12.1 Å². The summed E-state index contributed by atoms with van der Waals surface area (Å²) in [7, 11) is 1.92. The lowest BCUT2D eigenvalue weighted by atomic mass is 9.92. The second-order valence-corrected chi connectivity index (χ2v) is 6.78. The Hall–Kier alpha value is -3.58. The van der Waals surface area contributed by atoms with Gasteiger partial charge in [-0.1, -0.05) is 18.2 Å². The number of aryl methyl sites for hydroxylation is 1. The lowest BCUT2D eigenvalue weighted by Gasteiger charge is -2.16. The molecule has 1 aromatic carbocycles. The quantitative estimate of drug-likeness (QED) is 0.599. The van der Waals surface area contributed by atoms with Gasteiger partial charge in [0.2, 0.25) is 0 Å². The molecule has 1 aliphatic heterocycles. The number of nitrogens with zero attached hydrogens (tertiary/aromatic N) is 5. The maximum absolute atomic E-state index is 12.2. The van der Waals surface area contributed by atoms with Crippen molar-refractivity contribution in [2.24, 2.45) is 17.8 Å². The summed E-state index contributed by atoms with van der Waals surface area (Å²) in [4.78, 5) is 20.8. The van der Waals surface area contributed by atoms with Crippen molar-refractivity contribution in [2.45, 2.75) is 0 Å². The van der Waals surface area contributed by atoms with Crippen LogP contribution in [0, 0.1) is 0 Å². The lowest BCUT2D eigenvalue weighted by molar-refractivity contribution is 0.1000. The number of benzene rings is 1. The fourth-order valence-electron chi connectivity index (χ4n) is 3.80. The molecule has 0 aliphatic carbocycles. The van der Waals surface area contributed by atoms with E-state index in [1.165, 1.54) is 0 Å². The number of nitrogens with two attached hydrogens (primary N) is 1. The molecule has 0 amide bonds. The minimum Gasteiger partial charge on any atom is -0.325 e. The molecule has 0 atom stereocenters. The highest BCUT2D eigenvalue weighted by molar-refractivity contribution is 6.16. The van der Waals surface area contributed by atoms with E-state index in [-0.39, 0.29) is 12.3 Å². The van der Waals surface area contributed by atoms with Crippen LogP contribution in [0.5, 0.6) is 0 Å². The summed E-state index contributed by atoms with van der Waals surface area (Å²) in [5.74, 6) is 0.0216. The van der Waals surface area contributed by atoms with Gasteiger partial charge in [0.25, 0.3) is 0 Å². The number of aromatic nitrogens is 4. The smallest absolute Gasteiger partial charge is 0.184 e. The van der Waals surface area contributed by atoms with Crippen LogP contribution < -0.4 is 5.73 Å². The van der Waals surface area contributed by atoms with Crippen LogP contribution in [-0.2, 0) is 7.05 Å². The topological polar surface area (TPSA) is 90.6 Å². The van der Waals surface area contributed by atoms with Crippen molar-refractivity contribution < 1.29 is 4.79 Å². The maximum Gasteiger partial charge on any atom is 0.184 e. The second-order valence-electron chi connectivity index (χ2n) is 6.78. The van der Waals surface area contributed by atoms with Crippen LogP contribution in [0.3, 0.4) is 0 Å². The van der Waals surface area contributed by atoms with Crippen LogP contribution in [0.15, 0.2) is 60.1 Å². The Bertz CT molecular complexity index is 1260. The van der Waals surface area contributed by atoms with Crippen molar-refractivity contribution in [3.63, 3.8) is 0 Å². The predicted molar refractivity (Wildman–Crippen MR) is 108 cm³/mol. The number of pyridine rings is 1. The van der Waals surface area contributed by atoms with Crippen LogP contribution in [0.1, 0.15) is 15.9 Å². The Kier molecular flexibility index (Phi) is 3.70. The Morgan fingerprint density at radius 3 is 2.86 bits per heavy atom. The van der Waals surface area contributed by atoms with Gasteiger partial charge in [0.1, 0.15) is 6.54 Å². The molecule has 5 rings (SSSR count). The van der Waals surface area contributed by atoms with Gasteiger partial charge >= 0.3 is 0 Å². The summed E-state index contributed by atoms with van der Waals surface area (Å²) < 4.78 is 3.89. The summed E-state index contributed by atoms with van der Waals surface area (Å²) in [6.45, 7) is 0.470. The standard InChI is InChI=1S/C21H18N6O/c1-26-21(19-4-2-3-14-9-23-12-27(14)19)17(10-25-26)13-5-6-15-16(7-13)18(8-22)24-11-20(15)28/h2-7,9-10,12H,8,11,22H2,1H3. The van der Waals surface area contributed by atoms with Crippen molar-refractivity contribution in [3.8, 4) is 22.5 Å². The SMILES string of the molecule is Cn1ncc(-c2ccc3c(c2)C(CN)=NCC3=O)c1-c1cccc2cncn12. The molecule has 0 fully saturated rings. The fraction of sp³-hybridized carbons (Fsp3) is 0.143. The molecule has 7 nitrogen and oxygen atoms in total. The third-order valence-corrected chi connectivity index (χ3v) is 5.18. The molecule has 0 spiro atoms. The molecule has 0 radical (unpaired) electrons. The predicted octanol–water partition coefficient (Wildman–Crippen LogP) is 2.35. The molecule has 138 valence electrons. The number of carbonyl (C=O) groups is 1. The molecule has 4 heterocycles. The number of Topliss-reactive ketones (excluding diaryl/α,β-unsaturated/α-hetero) is 1. The zero-order chi connectivity index (χ0) is 19.3. The van der Waals surface area contributed by atoms with Gasteiger partial charge in [-0.25, -0.2) is 4.98 Å². The minimum atomic E-state index is 0.0216. The van der Waals surface area contributed by atoms with Crippen molar-refractivity contribution >= 4 is 17.0 Å². The number of ketones is 1. The monoisotopic (exact) mass is 370 g/mol. The molecular formula is C21H18N6O. The highest BCUT2D eigenvalue weighted by atomic mass is 16.1. The van der Waals surface area contributed by atoms with E-state index in [4.69, 9.17) is 5.73 Å². The van der Waals surface area contributed by atoms with Crippen molar-refractivity contribution in [1.29, 1.82) is 0 Å². The average molecular weight is 370 g/mol. The molecular weight excluding hydrogens is 352 g/mol. The van der Waals surface area contributed by atoms with E-state index < -0.39 is 0 Å². The van der Waals surface area contributed by atoms with Crippen LogP contribution >= 0.6 is 0 Å². The molecule has 28 heavy (non-hydrogen) atoms. The molecule has 0 bridgehead atoms. The fourth-order valence-corrected chi connectivity index (χ4v) is 3.80. The summed E-state index contributed by atoms with van der Waals surface area (Å²) in [5, 5.41) is 4.49. The van der Waals surface area contributed by atoms with Gasteiger partial charge < -0.3 is 5.73 Å². The largest absolute Gasteiger partial charge is 0.325 e. The first-order valence-electron chi connectivity index (χ1n) is 9.02. The normalized spacial score (nSPS) is 13.6. The molecule has 0 saturated carbocycles. The van der Waals surface area contributed by atoms with Crippen LogP contribution in [-0.4, -0.2) is 43.7 Å². The minimum absolute atomic E-state index is 0.0216. The molecule has 3 aromatic heterocycles. The van der Waals surface area contributed by atoms with Crippen LogP contribution in [0.2, 0.25) is 0 Å². The van der Waals surface area contributed by atoms with Gasteiger partial charge in [-0.15, -0.1) is 0 Å². The van der Waals surface area contributed by atoms with Gasteiger partial charge in [0, 0.05) is 30.3 Å². The van der Waals surface area contributed by atoms with Gasteiger partial charge in [0.05, 0.1) is 41.3 Å². The zero-order valence-corrected chi connectivity index (χ0v) is 15.3. The van der Waals surface area contributed by atoms with Crippen molar-refractivity contribution in [3.05, 3.63) is 66.2 Å². The Morgan fingerprint density at radius 2 is 2.00 bits per heavy atom. The third kappa shape index (κ3) is 2.40. The van der Waals surface area contributed by atoms with Crippen LogP contribution in [0.25, 0.3) is 28.0 Å². The second kappa shape index (κ2) is 6.24. The van der Waals surface area contributed by atoms with Gasteiger partial charge in [-0.05, 0) is 23.8 Å². The number of imidazole rings is 1. The number of carbonyl (C=O) groups excluding carboxylic acids is 1. The highest BCUT2D eigenvalue weighted by Crippen LogP contribution is 2.33. The first-order chi connectivity index (χ1) is 13.7. The Balaban J connectivity index is 1.72. The van der Waals surface area contributed by atoms with E-state index in [0.717, 1.165) is 39.3 Å². The maximum atomic E-state index is 12.2. The third-order valence-electron chi connectivity index (χ3n) is 5.18. The van der Waals surface area contributed by atoms with E-state index in [1.807, 2.05) is 64.9 Å². The summed E-state index contributed by atoms with van der Waals surface area (Å²) >= 11 is 0. The van der Waals surface area contributed by atoms with Crippen molar-refractivity contribution in [2.75, 3.05) is 13.1 Å². The summed E-state index contributed by atoms with van der Waals surface area (Å²) in [6, 6.07) is 11.9. The average Bonchev–Trinajstić information content (AvgIpc) is 3.34. The van der Waals surface area contributed by atoms with Gasteiger partial charge in [-0.2, -0.15) is 5.10 Å². The van der Waals surface area contributed by atoms with E-state index >= 15 is 0 Å². The van der Waals surface area contributed by atoms with Gasteiger partial charge in [-0.3, -0.25) is 18.9 Å². The number of aliphatic imine (C=N–C) groups is 1. The van der Waals surface area contributed by atoms with E-state index in [1.54, 1.807) is 6.33 Å².